The molecule has 2 aliphatic rings. The van der Waals surface area contributed by atoms with E-state index in [2.05, 4.69) is 10.4 Å². The van der Waals surface area contributed by atoms with E-state index in [4.69, 9.17) is 0 Å². The molecule has 2 N–H and O–H groups in total. The third-order valence-corrected chi connectivity index (χ3v) is 4.97. The summed E-state index contributed by atoms with van der Waals surface area (Å²) in [5.74, 6) is 1.04. The van der Waals surface area contributed by atoms with Gasteiger partial charge in [0.05, 0.1) is 18.3 Å². The van der Waals surface area contributed by atoms with Gasteiger partial charge in [-0.1, -0.05) is 12.8 Å². The molecule has 116 valence electrons. The van der Waals surface area contributed by atoms with E-state index in [0.717, 1.165) is 18.4 Å². The van der Waals surface area contributed by atoms with Gasteiger partial charge in [-0.15, -0.1) is 0 Å². The van der Waals surface area contributed by atoms with Crippen LogP contribution in [0.15, 0.2) is 12.4 Å². The first-order valence-corrected chi connectivity index (χ1v) is 8.08. The SMILES string of the molecule is Cn1cc([C@H](NC(=O)CC2CCCC2)C2CC(O)C2)cn1. The Morgan fingerprint density at radius 3 is 2.76 bits per heavy atom. The average Bonchev–Trinajstić information content (AvgIpc) is 3.04. The van der Waals surface area contributed by atoms with Crippen molar-refractivity contribution in [2.45, 2.75) is 57.1 Å². The first-order valence-electron chi connectivity index (χ1n) is 8.08. The number of aliphatic hydroxyl groups excluding tert-OH is 1. The summed E-state index contributed by atoms with van der Waals surface area (Å²) in [6.07, 6.45) is 10.7. The van der Waals surface area contributed by atoms with E-state index in [1.807, 2.05) is 19.4 Å². The van der Waals surface area contributed by atoms with Crippen molar-refractivity contribution in [2.75, 3.05) is 0 Å². The van der Waals surface area contributed by atoms with E-state index in [0.29, 0.717) is 18.3 Å². The van der Waals surface area contributed by atoms with Crippen molar-refractivity contribution in [3.63, 3.8) is 0 Å². The van der Waals surface area contributed by atoms with Crippen LogP contribution in [-0.2, 0) is 11.8 Å². The molecule has 0 aliphatic heterocycles. The second-order valence-corrected chi connectivity index (χ2v) is 6.73. The van der Waals surface area contributed by atoms with E-state index in [-0.39, 0.29) is 18.1 Å². The van der Waals surface area contributed by atoms with Crippen molar-refractivity contribution in [2.24, 2.45) is 18.9 Å². The molecule has 5 heteroatoms. The number of aryl methyl sites for hydroxylation is 1. The molecule has 0 radical (unpaired) electrons. The molecule has 2 fully saturated rings. The molecule has 21 heavy (non-hydrogen) atoms. The van der Waals surface area contributed by atoms with E-state index in [1.54, 1.807) is 4.68 Å². The maximum atomic E-state index is 12.3. The van der Waals surface area contributed by atoms with Crippen LogP contribution in [0.25, 0.3) is 0 Å². The van der Waals surface area contributed by atoms with Crippen molar-refractivity contribution < 1.29 is 9.90 Å². The quantitative estimate of drug-likeness (QED) is 0.871. The molecular formula is C16H25N3O2. The van der Waals surface area contributed by atoms with Crippen molar-refractivity contribution >= 4 is 5.91 Å². The molecule has 1 atom stereocenters. The number of amides is 1. The largest absolute Gasteiger partial charge is 0.393 e. The van der Waals surface area contributed by atoms with Crippen molar-refractivity contribution in [1.29, 1.82) is 0 Å². The second-order valence-electron chi connectivity index (χ2n) is 6.73. The summed E-state index contributed by atoms with van der Waals surface area (Å²) < 4.78 is 1.76. The predicted molar refractivity (Wildman–Crippen MR) is 79.4 cm³/mol. The van der Waals surface area contributed by atoms with Gasteiger partial charge < -0.3 is 10.4 Å². The lowest BCUT2D eigenvalue weighted by molar-refractivity contribution is -0.124. The van der Waals surface area contributed by atoms with Crippen molar-refractivity contribution in [3.8, 4) is 0 Å². The van der Waals surface area contributed by atoms with Crippen LogP contribution in [0.1, 0.15) is 56.6 Å². The van der Waals surface area contributed by atoms with Gasteiger partial charge in [-0.3, -0.25) is 9.48 Å². The fourth-order valence-electron chi connectivity index (χ4n) is 3.69. The highest BCUT2D eigenvalue weighted by Gasteiger charge is 2.36. The molecule has 3 rings (SSSR count). The Kier molecular flexibility index (Phi) is 4.29. The Bertz CT molecular complexity index is 487. The Morgan fingerprint density at radius 2 is 2.19 bits per heavy atom. The van der Waals surface area contributed by atoms with Crippen LogP contribution in [0.3, 0.4) is 0 Å². The first-order chi connectivity index (χ1) is 10.1. The van der Waals surface area contributed by atoms with Gasteiger partial charge in [0.1, 0.15) is 0 Å². The number of aliphatic hydroxyl groups is 1. The maximum absolute atomic E-state index is 12.3. The molecule has 0 unspecified atom stereocenters. The molecule has 0 spiro atoms. The van der Waals surface area contributed by atoms with Crippen LogP contribution in [0.2, 0.25) is 0 Å². The normalized spacial score (nSPS) is 27.3. The number of nitrogens with zero attached hydrogens (tertiary/aromatic N) is 2. The van der Waals surface area contributed by atoms with E-state index in [9.17, 15) is 9.90 Å². The Morgan fingerprint density at radius 1 is 1.48 bits per heavy atom. The zero-order valence-corrected chi connectivity index (χ0v) is 12.7. The number of rotatable bonds is 5. The molecule has 1 amide bonds. The lowest BCUT2D eigenvalue weighted by Crippen LogP contribution is -2.41. The van der Waals surface area contributed by atoms with Crippen molar-refractivity contribution in [1.82, 2.24) is 15.1 Å². The minimum absolute atomic E-state index is 0.00370. The minimum atomic E-state index is -0.207. The molecule has 2 aliphatic carbocycles. The number of carbonyl (C=O) groups is 1. The fraction of sp³-hybridized carbons (Fsp3) is 0.750. The third kappa shape index (κ3) is 3.46. The van der Waals surface area contributed by atoms with Gasteiger partial charge in [0.25, 0.3) is 0 Å². The number of hydrogen-bond donors (Lipinski definition) is 2. The van der Waals surface area contributed by atoms with Crippen LogP contribution in [-0.4, -0.2) is 26.9 Å². The zero-order valence-electron chi connectivity index (χ0n) is 12.7. The summed E-state index contributed by atoms with van der Waals surface area (Å²) in [7, 11) is 1.89. The number of aromatic nitrogens is 2. The number of carbonyl (C=O) groups excluding carboxylic acids is 1. The molecular weight excluding hydrogens is 266 g/mol. The highest BCUT2D eigenvalue weighted by atomic mass is 16.3. The Balaban J connectivity index is 1.62. The monoisotopic (exact) mass is 291 g/mol. The molecule has 5 nitrogen and oxygen atoms in total. The van der Waals surface area contributed by atoms with Gasteiger partial charge in [0.2, 0.25) is 5.91 Å². The predicted octanol–water partition coefficient (Wildman–Crippen LogP) is 1.93. The smallest absolute Gasteiger partial charge is 0.220 e. The highest BCUT2D eigenvalue weighted by Crippen LogP contribution is 2.38. The summed E-state index contributed by atoms with van der Waals surface area (Å²) in [6.45, 7) is 0. The number of hydrogen-bond acceptors (Lipinski definition) is 3. The Labute approximate surface area is 125 Å². The van der Waals surface area contributed by atoms with Gasteiger partial charge in [-0.05, 0) is 37.5 Å². The summed E-state index contributed by atoms with van der Waals surface area (Å²) in [5.41, 5.74) is 1.05. The molecule has 0 bridgehead atoms. The van der Waals surface area contributed by atoms with Crippen LogP contribution in [0.5, 0.6) is 0 Å². The minimum Gasteiger partial charge on any atom is -0.393 e. The van der Waals surface area contributed by atoms with Crippen molar-refractivity contribution in [3.05, 3.63) is 18.0 Å². The third-order valence-electron chi connectivity index (χ3n) is 4.97. The van der Waals surface area contributed by atoms with Crippen LogP contribution >= 0.6 is 0 Å². The Hall–Kier alpha value is -1.36. The van der Waals surface area contributed by atoms with E-state index >= 15 is 0 Å². The summed E-state index contributed by atoms with van der Waals surface area (Å²) in [5, 5.41) is 17.0. The molecule has 0 aromatic carbocycles. The zero-order chi connectivity index (χ0) is 14.8. The standard InChI is InChI=1S/C16H25N3O2/c1-19-10-13(9-17-19)16(12-7-14(20)8-12)18-15(21)6-11-4-2-3-5-11/h9-12,14,16,20H,2-8H2,1H3,(H,18,21)/t12?,14?,16-/m1/s1. The van der Waals surface area contributed by atoms with E-state index in [1.165, 1.54) is 25.7 Å². The van der Waals surface area contributed by atoms with Gasteiger partial charge in [0, 0.05) is 25.2 Å². The van der Waals surface area contributed by atoms with Crippen LogP contribution in [0, 0.1) is 11.8 Å². The second kappa shape index (κ2) is 6.18. The molecule has 1 aromatic rings. The lowest BCUT2D eigenvalue weighted by Gasteiger charge is -2.37. The average molecular weight is 291 g/mol. The lowest BCUT2D eigenvalue weighted by atomic mass is 9.75. The molecule has 1 heterocycles. The first kappa shape index (κ1) is 14.6. The molecule has 1 aromatic heterocycles. The van der Waals surface area contributed by atoms with E-state index < -0.39 is 0 Å². The van der Waals surface area contributed by atoms with Gasteiger partial charge in [0.15, 0.2) is 0 Å². The molecule has 2 saturated carbocycles. The highest BCUT2D eigenvalue weighted by molar-refractivity contribution is 5.76. The maximum Gasteiger partial charge on any atom is 0.220 e. The van der Waals surface area contributed by atoms with Crippen LogP contribution in [0.4, 0.5) is 0 Å². The fourth-order valence-corrected chi connectivity index (χ4v) is 3.69. The van der Waals surface area contributed by atoms with Crippen LogP contribution < -0.4 is 5.32 Å². The summed E-state index contributed by atoms with van der Waals surface area (Å²) in [6, 6.07) is -0.00370. The van der Waals surface area contributed by atoms with Gasteiger partial charge >= 0.3 is 0 Å². The summed E-state index contributed by atoms with van der Waals surface area (Å²) >= 11 is 0. The number of nitrogens with one attached hydrogen (secondary N) is 1. The van der Waals surface area contributed by atoms with Gasteiger partial charge in [-0.25, -0.2) is 0 Å². The topological polar surface area (TPSA) is 67.2 Å². The van der Waals surface area contributed by atoms with Gasteiger partial charge in [-0.2, -0.15) is 5.10 Å². The molecule has 0 saturated heterocycles. The summed E-state index contributed by atoms with van der Waals surface area (Å²) in [4.78, 5) is 12.3.